The highest BCUT2D eigenvalue weighted by Crippen LogP contribution is 2.25. The summed E-state index contributed by atoms with van der Waals surface area (Å²) in [6.45, 7) is 18.5. The molecular formula is C38H60N3O3+. The van der Waals surface area contributed by atoms with Crippen molar-refractivity contribution in [2.75, 3.05) is 51.7 Å². The fraction of sp³-hybridized carbons (Fsp3) is 0.632. The number of para-hydroxylation sites is 1. The van der Waals surface area contributed by atoms with Gasteiger partial charge in [-0.15, -0.1) is 0 Å². The zero-order chi connectivity index (χ0) is 32.1. The molecule has 0 aliphatic carbocycles. The van der Waals surface area contributed by atoms with Crippen molar-refractivity contribution < 1.29 is 18.8 Å². The normalized spacial score (nSPS) is 18.6. The third-order valence-corrected chi connectivity index (χ3v) is 10.0. The number of likely N-dealkylation sites (tertiary alicyclic amines) is 1. The van der Waals surface area contributed by atoms with Crippen LogP contribution in [0.4, 0.5) is 5.69 Å². The maximum absolute atomic E-state index is 13.5. The summed E-state index contributed by atoms with van der Waals surface area (Å²) >= 11 is 0. The third kappa shape index (κ3) is 10.3. The molecule has 0 radical (unpaired) electrons. The second-order valence-electron chi connectivity index (χ2n) is 13.3. The van der Waals surface area contributed by atoms with Crippen LogP contribution in [0.2, 0.25) is 0 Å². The average molecular weight is 607 g/mol. The highest BCUT2D eigenvalue weighted by molar-refractivity contribution is 5.96. The Morgan fingerprint density at radius 1 is 0.886 bits per heavy atom. The molecule has 2 aromatic rings. The molecule has 0 bridgehead atoms. The van der Waals surface area contributed by atoms with Gasteiger partial charge in [-0.2, -0.15) is 0 Å². The van der Waals surface area contributed by atoms with Crippen molar-refractivity contribution in [3.63, 3.8) is 0 Å². The van der Waals surface area contributed by atoms with E-state index in [9.17, 15) is 9.59 Å². The number of Topliss-reactive ketones (excluding diaryl/α,β-unsaturated/α-hetero) is 1. The van der Waals surface area contributed by atoms with Gasteiger partial charge in [0.1, 0.15) is 6.54 Å². The first-order chi connectivity index (χ1) is 21.1. The van der Waals surface area contributed by atoms with Crippen LogP contribution in [0.25, 0.3) is 0 Å². The van der Waals surface area contributed by atoms with E-state index >= 15 is 0 Å². The number of nitrogens with zero attached hydrogens (tertiary/aromatic N) is 2. The van der Waals surface area contributed by atoms with Gasteiger partial charge >= 0.3 is 0 Å². The lowest BCUT2D eigenvalue weighted by molar-refractivity contribution is -0.919. The number of anilines is 1. The molecule has 2 aromatic carbocycles. The highest BCUT2D eigenvalue weighted by Gasteiger charge is 2.33. The predicted molar refractivity (Wildman–Crippen MR) is 183 cm³/mol. The number of methoxy groups -OCH3 is 1. The molecule has 3 rings (SSSR count). The molecule has 44 heavy (non-hydrogen) atoms. The van der Waals surface area contributed by atoms with Gasteiger partial charge < -0.3 is 14.5 Å². The number of likely N-dealkylation sites (N-methyl/N-ethyl adjacent to an activating group) is 1. The molecule has 1 amide bonds. The fourth-order valence-electron chi connectivity index (χ4n) is 7.17. The zero-order valence-electron chi connectivity index (χ0n) is 28.8. The quantitative estimate of drug-likeness (QED) is 0.142. The van der Waals surface area contributed by atoms with Crippen LogP contribution >= 0.6 is 0 Å². The number of hydrogen-bond donors (Lipinski definition) is 1. The number of benzene rings is 2. The minimum absolute atomic E-state index is 0.0841. The summed E-state index contributed by atoms with van der Waals surface area (Å²) in [5.41, 5.74) is 6.78. The Morgan fingerprint density at radius 2 is 1.50 bits per heavy atom. The van der Waals surface area contributed by atoms with E-state index in [1.54, 1.807) is 7.11 Å². The van der Waals surface area contributed by atoms with Gasteiger partial charge in [0.05, 0.1) is 31.8 Å². The van der Waals surface area contributed by atoms with Crippen molar-refractivity contribution in [3.05, 3.63) is 64.2 Å². The van der Waals surface area contributed by atoms with Gasteiger partial charge in [-0.25, -0.2) is 0 Å². The number of carbonyl (C=O) groups excluding carboxylic acids is 2. The fourth-order valence-corrected chi connectivity index (χ4v) is 7.17. The monoisotopic (exact) mass is 606 g/mol. The SMILES string of the molecule is CCC[N+](CC)(CCCCCCCN1CCC(OC)C[C@@H]1C(=O)Nc1c(C)cccc1C)CC(=O)Cc1c(C)cccc1C. The van der Waals surface area contributed by atoms with E-state index < -0.39 is 0 Å². The van der Waals surface area contributed by atoms with E-state index in [1.165, 1.54) is 36.0 Å². The van der Waals surface area contributed by atoms with Gasteiger partial charge in [0.2, 0.25) is 5.91 Å². The molecule has 6 heteroatoms. The van der Waals surface area contributed by atoms with Crippen molar-refractivity contribution in [1.29, 1.82) is 0 Å². The molecule has 1 fully saturated rings. The van der Waals surface area contributed by atoms with Crippen molar-refractivity contribution in [2.24, 2.45) is 0 Å². The summed E-state index contributed by atoms with van der Waals surface area (Å²) in [7, 11) is 1.76. The van der Waals surface area contributed by atoms with Crippen LogP contribution in [0.1, 0.15) is 93.0 Å². The van der Waals surface area contributed by atoms with Crippen LogP contribution in [0.15, 0.2) is 36.4 Å². The van der Waals surface area contributed by atoms with Crippen molar-refractivity contribution >= 4 is 17.4 Å². The standard InChI is InChI=1S/C38H59N3O3/c1-8-24-41(9-2,28-33(42)26-35-29(3)17-15-18-30(35)4)25-14-12-10-11-13-22-40-23-21-34(44-7)27-36(40)38(43)39-37-31(5)19-16-20-32(37)6/h15-20,34,36H,8-14,21-28H2,1-7H3/p+1/t34?,36-,41?/m1/s1. The molecule has 1 heterocycles. The van der Waals surface area contributed by atoms with Gasteiger partial charge in [-0.3, -0.25) is 14.5 Å². The first kappa shape index (κ1) is 35.9. The summed E-state index contributed by atoms with van der Waals surface area (Å²) < 4.78 is 6.58. The number of rotatable bonds is 18. The molecule has 0 aromatic heterocycles. The van der Waals surface area contributed by atoms with Crippen LogP contribution in [0.3, 0.4) is 0 Å². The Bertz CT molecular complexity index is 1170. The Kier molecular flexibility index (Phi) is 14.6. The maximum Gasteiger partial charge on any atom is 0.241 e. The molecule has 1 N–H and O–H groups in total. The molecule has 1 saturated heterocycles. The van der Waals surface area contributed by atoms with E-state index in [0.717, 1.165) is 86.1 Å². The molecule has 1 aliphatic rings. The van der Waals surface area contributed by atoms with Crippen molar-refractivity contribution in [2.45, 2.75) is 111 Å². The predicted octanol–water partition coefficient (Wildman–Crippen LogP) is 7.35. The molecule has 3 atom stereocenters. The van der Waals surface area contributed by atoms with Crippen molar-refractivity contribution in [3.8, 4) is 0 Å². The van der Waals surface area contributed by atoms with Gasteiger partial charge in [0.25, 0.3) is 0 Å². The van der Waals surface area contributed by atoms with Gasteiger partial charge in [0, 0.05) is 25.8 Å². The highest BCUT2D eigenvalue weighted by atomic mass is 16.5. The van der Waals surface area contributed by atoms with Crippen LogP contribution in [0, 0.1) is 27.7 Å². The van der Waals surface area contributed by atoms with Crippen molar-refractivity contribution in [1.82, 2.24) is 4.90 Å². The topological polar surface area (TPSA) is 58.6 Å². The van der Waals surface area contributed by atoms with Gasteiger partial charge in [-0.1, -0.05) is 56.2 Å². The van der Waals surface area contributed by atoms with Crippen LogP contribution in [-0.4, -0.2) is 79.6 Å². The third-order valence-electron chi connectivity index (χ3n) is 10.0. The number of nitrogens with one attached hydrogen (secondary N) is 1. The summed E-state index contributed by atoms with van der Waals surface area (Å²) in [5.74, 6) is 0.451. The van der Waals surface area contributed by atoms with E-state index in [1.807, 2.05) is 6.07 Å². The second-order valence-corrected chi connectivity index (χ2v) is 13.3. The van der Waals surface area contributed by atoms with Gasteiger partial charge in [-0.05, 0) is 108 Å². The molecule has 6 nitrogen and oxygen atoms in total. The Hall–Kier alpha value is -2.54. The number of quaternary nitrogens is 1. The minimum Gasteiger partial charge on any atom is -0.381 e. The first-order valence-corrected chi connectivity index (χ1v) is 17.2. The van der Waals surface area contributed by atoms with Crippen LogP contribution in [0.5, 0.6) is 0 Å². The van der Waals surface area contributed by atoms with E-state index in [0.29, 0.717) is 18.7 Å². The number of amides is 1. The van der Waals surface area contributed by atoms with E-state index in [4.69, 9.17) is 4.74 Å². The Morgan fingerprint density at radius 3 is 2.11 bits per heavy atom. The summed E-state index contributed by atoms with van der Waals surface area (Å²) in [5, 5.41) is 3.24. The minimum atomic E-state index is -0.162. The largest absolute Gasteiger partial charge is 0.381 e. The summed E-state index contributed by atoms with van der Waals surface area (Å²) in [4.78, 5) is 29.1. The maximum atomic E-state index is 13.5. The Balaban J connectivity index is 1.46. The van der Waals surface area contributed by atoms with E-state index in [-0.39, 0.29) is 18.1 Å². The zero-order valence-corrected chi connectivity index (χ0v) is 28.8. The number of ketones is 1. The molecular weight excluding hydrogens is 546 g/mol. The summed E-state index contributed by atoms with van der Waals surface area (Å²) in [6, 6.07) is 12.3. The number of aryl methyl sites for hydroxylation is 4. The second kappa shape index (κ2) is 17.8. The lowest BCUT2D eigenvalue weighted by atomic mass is 9.97. The van der Waals surface area contributed by atoms with E-state index in [2.05, 4.69) is 82.1 Å². The summed E-state index contributed by atoms with van der Waals surface area (Å²) in [6.07, 6.45) is 9.30. The number of ether oxygens (including phenoxy) is 1. The lowest BCUT2D eigenvalue weighted by Gasteiger charge is -2.38. The number of hydrogen-bond acceptors (Lipinski definition) is 4. The molecule has 1 aliphatic heterocycles. The number of piperidine rings is 1. The van der Waals surface area contributed by atoms with Crippen LogP contribution in [-0.2, 0) is 20.7 Å². The molecule has 0 spiro atoms. The number of carbonyl (C=O) groups is 2. The average Bonchev–Trinajstić information content (AvgIpc) is 3.00. The smallest absolute Gasteiger partial charge is 0.241 e. The Labute approximate surface area is 268 Å². The lowest BCUT2D eigenvalue weighted by Crippen LogP contribution is -2.52. The number of unbranched alkanes of at least 4 members (excludes halogenated alkanes) is 4. The first-order valence-electron chi connectivity index (χ1n) is 17.2. The van der Waals surface area contributed by atoms with Gasteiger partial charge in [0.15, 0.2) is 5.78 Å². The van der Waals surface area contributed by atoms with Crippen LogP contribution < -0.4 is 5.32 Å². The molecule has 0 saturated carbocycles. The molecule has 244 valence electrons. The molecule has 2 unspecified atom stereocenters.